The highest BCUT2D eigenvalue weighted by atomic mass is 16.6. The Bertz CT molecular complexity index is 354. The third-order valence-electron chi connectivity index (χ3n) is 3.58. The van der Waals surface area contributed by atoms with Crippen molar-refractivity contribution in [2.45, 2.75) is 45.3 Å². The van der Waals surface area contributed by atoms with E-state index < -0.39 is 17.7 Å². The highest BCUT2D eigenvalue weighted by Crippen LogP contribution is 2.44. The average molecular weight is 255 g/mol. The van der Waals surface area contributed by atoms with Crippen molar-refractivity contribution in [3.63, 3.8) is 0 Å². The molecule has 2 heterocycles. The number of hydrogen-bond acceptors (Lipinski definition) is 4. The Balaban J connectivity index is 2.10. The lowest BCUT2D eigenvalue weighted by Crippen LogP contribution is -2.61. The van der Waals surface area contributed by atoms with E-state index >= 15 is 0 Å². The van der Waals surface area contributed by atoms with E-state index in [0.717, 1.165) is 12.8 Å². The lowest BCUT2D eigenvalue weighted by atomic mass is 9.67. The standard InChI is InChI=1S/C13H21NO4/c1-13(2,3)18-12(16)14-7-8-5-9(6-8)10(14)11(15)17-4/h8-10H,5-7H2,1-4H3. The molecule has 18 heavy (non-hydrogen) atoms. The van der Waals surface area contributed by atoms with Crippen LogP contribution in [0.2, 0.25) is 0 Å². The zero-order valence-corrected chi connectivity index (χ0v) is 11.4. The molecule has 0 N–H and O–H groups in total. The number of carbonyl (C=O) groups excluding carboxylic acids is 2. The molecule has 0 spiro atoms. The van der Waals surface area contributed by atoms with Gasteiger partial charge >= 0.3 is 12.1 Å². The fraction of sp³-hybridized carbons (Fsp3) is 0.846. The first-order chi connectivity index (χ1) is 8.31. The van der Waals surface area contributed by atoms with Gasteiger partial charge in [0.25, 0.3) is 0 Å². The number of amides is 1. The summed E-state index contributed by atoms with van der Waals surface area (Å²) in [7, 11) is 1.36. The molecule has 1 amide bonds. The molecule has 2 aliphatic heterocycles. The first-order valence-electron chi connectivity index (χ1n) is 6.39. The van der Waals surface area contributed by atoms with E-state index in [4.69, 9.17) is 9.47 Å². The minimum Gasteiger partial charge on any atom is -0.467 e. The van der Waals surface area contributed by atoms with Crippen LogP contribution in [0.5, 0.6) is 0 Å². The lowest BCUT2D eigenvalue weighted by Gasteiger charge is -2.51. The van der Waals surface area contributed by atoms with Gasteiger partial charge in [-0.15, -0.1) is 0 Å². The van der Waals surface area contributed by atoms with E-state index in [0.29, 0.717) is 12.5 Å². The third-order valence-corrected chi connectivity index (χ3v) is 3.58. The van der Waals surface area contributed by atoms with Gasteiger partial charge in [0, 0.05) is 6.54 Å². The van der Waals surface area contributed by atoms with Gasteiger partial charge in [-0.25, -0.2) is 9.59 Å². The van der Waals surface area contributed by atoms with Gasteiger partial charge in [-0.2, -0.15) is 0 Å². The highest BCUT2D eigenvalue weighted by molar-refractivity contribution is 5.82. The molecule has 1 aliphatic carbocycles. The van der Waals surface area contributed by atoms with Crippen LogP contribution in [0.25, 0.3) is 0 Å². The summed E-state index contributed by atoms with van der Waals surface area (Å²) in [5, 5.41) is 0. The summed E-state index contributed by atoms with van der Waals surface area (Å²) in [6, 6.07) is -0.463. The number of carbonyl (C=O) groups is 2. The van der Waals surface area contributed by atoms with Crippen molar-refractivity contribution in [1.82, 2.24) is 4.90 Å². The van der Waals surface area contributed by atoms with Crippen LogP contribution in [0.3, 0.4) is 0 Å². The number of hydrogen-bond donors (Lipinski definition) is 0. The molecule has 1 atom stereocenters. The molecule has 0 aromatic heterocycles. The van der Waals surface area contributed by atoms with Gasteiger partial charge in [0.15, 0.2) is 0 Å². The van der Waals surface area contributed by atoms with Crippen molar-refractivity contribution < 1.29 is 19.1 Å². The minimum absolute atomic E-state index is 0.240. The quantitative estimate of drug-likeness (QED) is 0.670. The van der Waals surface area contributed by atoms with Crippen LogP contribution in [0, 0.1) is 11.8 Å². The number of rotatable bonds is 1. The summed E-state index contributed by atoms with van der Waals surface area (Å²) in [6.45, 7) is 6.07. The predicted octanol–water partition coefficient (Wildman–Crippen LogP) is 1.80. The fourth-order valence-corrected chi connectivity index (χ4v) is 2.79. The lowest BCUT2D eigenvalue weighted by molar-refractivity contribution is -0.157. The van der Waals surface area contributed by atoms with E-state index in [1.807, 2.05) is 20.8 Å². The van der Waals surface area contributed by atoms with Crippen LogP contribution in [0.4, 0.5) is 4.79 Å². The van der Waals surface area contributed by atoms with Crippen LogP contribution in [0.15, 0.2) is 0 Å². The monoisotopic (exact) mass is 255 g/mol. The van der Waals surface area contributed by atoms with Crippen molar-refractivity contribution in [2.75, 3.05) is 13.7 Å². The Morgan fingerprint density at radius 2 is 1.83 bits per heavy atom. The molecule has 3 fully saturated rings. The van der Waals surface area contributed by atoms with Gasteiger partial charge in [-0.1, -0.05) is 0 Å². The maximum atomic E-state index is 12.1. The number of methoxy groups -OCH3 is 1. The number of esters is 1. The summed E-state index contributed by atoms with van der Waals surface area (Å²) in [5.41, 5.74) is -0.542. The molecule has 0 aromatic carbocycles. The maximum absolute atomic E-state index is 12.1. The van der Waals surface area contributed by atoms with Gasteiger partial charge < -0.3 is 9.47 Å². The number of fused-ring (bicyclic) bond motifs is 2. The highest BCUT2D eigenvalue weighted by Gasteiger charge is 2.51. The molecule has 0 aromatic rings. The van der Waals surface area contributed by atoms with Gasteiger partial charge in [0.05, 0.1) is 7.11 Å². The fourth-order valence-electron chi connectivity index (χ4n) is 2.79. The molecule has 102 valence electrons. The molecule has 3 aliphatic rings. The Hall–Kier alpha value is -1.26. The summed E-state index contributed by atoms with van der Waals surface area (Å²) < 4.78 is 10.2. The van der Waals surface area contributed by atoms with Crippen molar-refractivity contribution in [3.8, 4) is 0 Å². The zero-order valence-electron chi connectivity index (χ0n) is 11.4. The summed E-state index contributed by atoms with van der Waals surface area (Å²) in [4.78, 5) is 25.5. The predicted molar refractivity (Wildman–Crippen MR) is 65.0 cm³/mol. The van der Waals surface area contributed by atoms with Crippen LogP contribution in [-0.4, -0.2) is 42.3 Å². The van der Waals surface area contributed by atoms with E-state index in [1.54, 1.807) is 4.90 Å². The second-order valence-electron chi connectivity index (χ2n) is 6.20. The van der Waals surface area contributed by atoms with Gasteiger partial charge in [0.1, 0.15) is 11.6 Å². The molecular formula is C13H21NO4. The van der Waals surface area contributed by atoms with Crippen LogP contribution in [-0.2, 0) is 14.3 Å². The van der Waals surface area contributed by atoms with Crippen molar-refractivity contribution in [3.05, 3.63) is 0 Å². The Morgan fingerprint density at radius 1 is 1.22 bits per heavy atom. The van der Waals surface area contributed by atoms with E-state index in [9.17, 15) is 9.59 Å². The summed E-state index contributed by atoms with van der Waals surface area (Å²) >= 11 is 0. The van der Waals surface area contributed by atoms with E-state index in [1.165, 1.54) is 7.11 Å². The molecule has 2 saturated heterocycles. The maximum Gasteiger partial charge on any atom is 0.411 e. The largest absolute Gasteiger partial charge is 0.467 e. The van der Waals surface area contributed by atoms with E-state index in [-0.39, 0.29) is 11.9 Å². The number of piperidine rings is 2. The summed E-state index contributed by atoms with van der Waals surface area (Å²) in [6.07, 6.45) is 1.62. The van der Waals surface area contributed by atoms with Crippen LogP contribution >= 0.6 is 0 Å². The first-order valence-corrected chi connectivity index (χ1v) is 6.39. The SMILES string of the molecule is COC(=O)C1C2CC(C2)CN1C(=O)OC(C)(C)C. The van der Waals surface area contributed by atoms with E-state index in [2.05, 4.69) is 0 Å². The zero-order chi connectivity index (χ0) is 13.5. The second kappa shape index (κ2) is 4.44. The Labute approximate surface area is 107 Å². The van der Waals surface area contributed by atoms with Crippen LogP contribution in [0.1, 0.15) is 33.6 Å². The minimum atomic E-state index is -0.542. The normalized spacial score (nSPS) is 30.4. The molecule has 1 saturated carbocycles. The molecule has 0 radical (unpaired) electrons. The molecule has 5 heteroatoms. The van der Waals surface area contributed by atoms with Crippen molar-refractivity contribution in [2.24, 2.45) is 11.8 Å². The number of ether oxygens (including phenoxy) is 2. The first kappa shape index (κ1) is 13.2. The molecule has 2 bridgehead atoms. The molecule has 1 unspecified atom stereocenters. The van der Waals surface area contributed by atoms with Gasteiger partial charge in [-0.05, 0) is 45.4 Å². The summed E-state index contributed by atoms with van der Waals surface area (Å²) in [5.74, 6) is 0.427. The molecule has 3 rings (SSSR count). The molecule has 5 nitrogen and oxygen atoms in total. The van der Waals surface area contributed by atoms with Gasteiger partial charge in [-0.3, -0.25) is 4.90 Å². The number of nitrogens with zero attached hydrogens (tertiary/aromatic N) is 1. The topological polar surface area (TPSA) is 55.8 Å². The Kier molecular flexibility index (Phi) is 3.25. The Morgan fingerprint density at radius 3 is 2.33 bits per heavy atom. The third kappa shape index (κ3) is 2.44. The average Bonchev–Trinajstić information content (AvgIpc) is 2.23. The molecular weight excluding hydrogens is 234 g/mol. The van der Waals surface area contributed by atoms with Crippen LogP contribution < -0.4 is 0 Å². The second-order valence-corrected chi connectivity index (χ2v) is 6.20. The van der Waals surface area contributed by atoms with Crippen molar-refractivity contribution >= 4 is 12.1 Å². The smallest absolute Gasteiger partial charge is 0.411 e. The van der Waals surface area contributed by atoms with Gasteiger partial charge in [0.2, 0.25) is 0 Å². The van der Waals surface area contributed by atoms with Crippen molar-refractivity contribution in [1.29, 1.82) is 0 Å².